The first-order valence-electron chi connectivity index (χ1n) is 10.8. The fourth-order valence-electron chi connectivity index (χ4n) is 4.55. The summed E-state index contributed by atoms with van der Waals surface area (Å²) in [5, 5.41) is 3.45. The molecule has 1 saturated heterocycles. The minimum absolute atomic E-state index is 0.289. The molecule has 1 unspecified atom stereocenters. The van der Waals surface area contributed by atoms with Gasteiger partial charge in [-0.3, -0.25) is 18.8 Å². The fraction of sp³-hybridized carbons (Fsp3) is 0.292. The molecular formula is C24H23N3O6S. The number of nitrogens with one attached hydrogen (secondary N) is 1. The van der Waals surface area contributed by atoms with E-state index in [0.29, 0.717) is 36.2 Å². The maximum absolute atomic E-state index is 13.2. The van der Waals surface area contributed by atoms with E-state index in [1.165, 1.54) is 10.4 Å². The lowest BCUT2D eigenvalue weighted by atomic mass is 9.97. The maximum Gasteiger partial charge on any atom is 0.325 e. The average Bonchev–Trinajstić information content (AvgIpc) is 3.33. The molecule has 2 aliphatic heterocycles. The predicted octanol–water partition coefficient (Wildman–Crippen LogP) is 2.79. The van der Waals surface area contributed by atoms with Crippen LogP contribution in [0, 0.1) is 0 Å². The zero-order valence-electron chi connectivity index (χ0n) is 18.7. The quantitative estimate of drug-likeness (QED) is 0.442. The van der Waals surface area contributed by atoms with Gasteiger partial charge in [0.05, 0.1) is 18.5 Å². The zero-order chi connectivity index (χ0) is 24.3. The summed E-state index contributed by atoms with van der Waals surface area (Å²) in [4.78, 5) is 39.8. The molecule has 1 N–H and O–H groups in total. The fourth-order valence-corrected chi connectivity index (χ4v) is 5.55. The van der Waals surface area contributed by atoms with Gasteiger partial charge in [-0.2, -0.15) is 0 Å². The number of carbonyl (C=O) groups excluding carboxylic acids is 3. The Balaban J connectivity index is 1.39. The van der Waals surface area contributed by atoms with Crippen LogP contribution in [-0.2, 0) is 26.8 Å². The largest absolute Gasteiger partial charge is 0.458 e. The van der Waals surface area contributed by atoms with Gasteiger partial charge in [0.1, 0.15) is 11.3 Å². The SMILES string of the molecule is CC1(c2cc3ccccc3o2)NC(=O)N(CC(=O)c2ccc3c(c2)CCCN3S(C)(=O)=O)C1=O. The van der Waals surface area contributed by atoms with Gasteiger partial charge in [0.15, 0.2) is 11.3 Å². The lowest BCUT2D eigenvalue weighted by Crippen LogP contribution is -2.41. The van der Waals surface area contributed by atoms with Crippen LogP contribution in [0.5, 0.6) is 0 Å². The first-order chi connectivity index (χ1) is 16.1. The van der Waals surface area contributed by atoms with Crippen molar-refractivity contribution >= 4 is 44.4 Å². The Morgan fingerprint density at radius 2 is 1.91 bits per heavy atom. The number of urea groups is 1. The third-order valence-electron chi connectivity index (χ3n) is 6.37. The first kappa shape index (κ1) is 22.1. The van der Waals surface area contributed by atoms with Gasteiger partial charge < -0.3 is 9.73 Å². The van der Waals surface area contributed by atoms with Crippen molar-refractivity contribution in [1.82, 2.24) is 10.2 Å². The van der Waals surface area contributed by atoms with Gasteiger partial charge >= 0.3 is 6.03 Å². The number of sulfonamides is 1. The number of benzene rings is 2. The van der Waals surface area contributed by atoms with Gasteiger partial charge in [0.2, 0.25) is 10.0 Å². The Bertz CT molecular complexity index is 1430. The van der Waals surface area contributed by atoms with Crippen molar-refractivity contribution in [3.05, 3.63) is 65.4 Å². The second kappa shape index (κ2) is 7.69. The number of hydrogen-bond acceptors (Lipinski definition) is 6. The highest BCUT2D eigenvalue weighted by atomic mass is 32.2. The highest BCUT2D eigenvalue weighted by Crippen LogP contribution is 2.34. The van der Waals surface area contributed by atoms with Crippen LogP contribution in [-0.4, -0.2) is 50.4 Å². The summed E-state index contributed by atoms with van der Waals surface area (Å²) in [5.41, 5.74) is 0.770. The molecular weight excluding hydrogens is 458 g/mol. The van der Waals surface area contributed by atoms with Crippen LogP contribution in [0.3, 0.4) is 0 Å². The van der Waals surface area contributed by atoms with Crippen molar-refractivity contribution in [2.45, 2.75) is 25.3 Å². The van der Waals surface area contributed by atoms with Crippen LogP contribution in [0.4, 0.5) is 10.5 Å². The Labute approximate surface area is 196 Å². The normalized spacial score (nSPS) is 20.5. The molecule has 9 nitrogen and oxygen atoms in total. The second-order valence-electron chi connectivity index (χ2n) is 8.80. The monoisotopic (exact) mass is 481 g/mol. The Hall–Kier alpha value is -3.66. The van der Waals surface area contributed by atoms with E-state index in [0.717, 1.165) is 22.1 Å². The molecule has 1 fully saturated rings. The molecule has 2 aromatic carbocycles. The van der Waals surface area contributed by atoms with E-state index in [2.05, 4.69) is 5.32 Å². The van der Waals surface area contributed by atoms with Crippen LogP contribution >= 0.6 is 0 Å². The number of carbonyl (C=O) groups is 3. The van der Waals surface area contributed by atoms with Crippen molar-refractivity contribution in [2.24, 2.45) is 0 Å². The van der Waals surface area contributed by atoms with Crippen molar-refractivity contribution in [2.75, 3.05) is 23.7 Å². The Morgan fingerprint density at radius 3 is 2.65 bits per heavy atom. The van der Waals surface area contributed by atoms with E-state index in [9.17, 15) is 22.8 Å². The number of anilines is 1. The van der Waals surface area contributed by atoms with Crippen molar-refractivity contribution in [1.29, 1.82) is 0 Å². The van der Waals surface area contributed by atoms with Gasteiger partial charge in [0, 0.05) is 17.5 Å². The molecule has 0 bridgehead atoms. The number of imide groups is 1. The molecule has 3 amide bonds. The number of rotatable bonds is 5. The highest BCUT2D eigenvalue weighted by Gasteiger charge is 2.51. The molecule has 0 spiro atoms. The third kappa shape index (κ3) is 3.54. The van der Waals surface area contributed by atoms with Crippen LogP contribution in [0.2, 0.25) is 0 Å². The molecule has 176 valence electrons. The summed E-state index contributed by atoms with van der Waals surface area (Å²) in [6.07, 6.45) is 2.42. The predicted molar refractivity (Wildman–Crippen MR) is 125 cm³/mol. The van der Waals surface area contributed by atoms with Gasteiger partial charge in [-0.15, -0.1) is 0 Å². The van der Waals surface area contributed by atoms with Crippen LogP contribution in [0.15, 0.2) is 52.9 Å². The van der Waals surface area contributed by atoms with Gasteiger partial charge in [-0.1, -0.05) is 18.2 Å². The van der Waals surface area contributed by atoms with E-state index < -0.39 is 39.8 Å². The summed E-state index contributed by atoms with van der Waals surface area (Å²) in [5.74, 6) is -0.709. The molecule has 0 radical (unpaired) electrons. The molecule has 1 atom stereocenters. The number of amides is 3. The molecule has 0 saturated carbocycles. The number of furan rings is 1. The minimum atomic E-state index is -3.42. The van der Waals surface area contributed by atoms with Gasteiger partial charge in [0.25, 0.3) is 5.91 Å². The molecule has 1 aromatic heterocycles. The summed E-state index contributed by atoms with van der Waals surface area (Å²) in [6.45, 7) is 1.51. The van der Waals surface area contributed by atoms with Crippen LogP contribution < -0.4 is 9.62 Å². The van der Waals surface area contributed by atoms with Crippen molar-refractivity contribution < 1.29 is 27.2 Å². The Kier molecular flexibility index (Phi) is 5.01. The van der Waals surface area contributed by atoms with Crippen molar-refractivity contribution in [3.8, 4) is 0 Å². The molecule has 2 aliphatic rings. The molecule has 3 aromatic rings. The maximum atomic E-state index is 13.2. The number of ketones is 1. The second-order valence-corrected chi connectivity index (χ2v) is 10.7. The molecule has 3 heterocycles. The summed E-state index contributed by atoms with van der Waals surface area (Å²) in [6, 6.07) is 13.1. The number of aryl methyl sites for hydroxylation is 1. The molecule has 10 heteroatoms. The lowest BCUT2D eigenvalue weighted by Gasteiger charge is -2.29. The van der Waals surface area contributed by atoms with E-state index >= 15 is 0 Å². The van der Waals surface area contributed by atoms with Crippen LogP contribution in [0.25, 0.3) is 11.0 Å². The summed E-state index contributed by atoms with van der Waals surface area (Å²) in [7, 11) is -3.42. The average molecular weight is 482 g/mol. The van der Waals surface area contributed by atoms with Crippen molar-refractivity contribution in [3.63, 3.8) is 0 Å². The zero-order valence-corrected chi connectivity index (χ0v) is 19.5. The standard InChI is InChI=1S/C24H23N3O6S/c1-24(21-13-17-6-3-4-8-20(17)33-21)22(29)26(23(30)25-24)14-19(28)16-9-10-18-15(12-16)7-5-11-27(18)34(2,31)32/h3-4,6,8-10,12-13H,5,7,11,14H2,1-2H3,(H,25,30). The smallest absolute Gasteiger partial charge is 0.325 e. The molecule has 34 heavy (non-hydrogen) atoms. The molecule has 5 rings (SSSR count). The van der Waals surface area contributed by atoms with E-state index in [4.69, 9.17) is 4.42 Å². The minimum Gasteiger partial charge on any atom is -0.458 e. The van der Waals surface area contributed by atoms with E-state index in [1.807, 2.05) is 18.2 Å². The number of Topliss-reactive ketones (excluding diaryl/α,β-unsaturated/α-hetero) is 1. The topological polar surface area (TPSA) is 117 Å². The van der Waals surface area contributed by atoms with Gasteiger partial charge in [-0.25, -0.2) is 13.2 Å². The first-order valence-corrected chi connectivity index (χ1v) is 12.7. The van der Waals surface area contributed by atoms with E-state index in [-0.39, 0.29) is 5.76 Å². The number of para-hydroxylation sites is 1. The summed E-state index contributed by atoms with van der Waals surface area (Å²) < 4.78 is 31.3. The number of nitrogens with zero attached hydrogens (tertiary/aromatic N) is 2. The number of fused-ring (bicyclic) bond motifs is 2. The highest BCUT2D eigenvalue weighted by molar-refractivity contribution is 7.92. The van der Waals surface area contributed by atoms with Crippen LogP contribution in [0.1, 0.15) is 35.0 Å². The summed E-state index contributed by atoms with van der Waals surface area (Å²) >= 11 is 0. The lowest BCUT2D eigenvalue weighted by molar-refractivity contribution is -0.131. The molecule has 0 aliphatic carbocycles. The van der Waals surface area contributed by atoms with Gasteiger partial charge in [-0.05, 0) is 55.7 Å². The van der Waals surface area contributed by atoms with E-state index in [1.54, 1.807) is 31.2 Å². The number of hydrogen-bond donors (Lipinski definition) is 1. The third-order valence-corrected chi connectivity index (χ3v) is 7.55. The Morgan fingerprint density at radius 1 is 1.15 bits per heavy atom.